The second-order valence-corrected chi connectivity index (χ2v) is 15.3. The first-order valence-corrected chi connectivity index (χ1v) is 17.5. The van der Waals surface area contributed by atoms with E-state index in [-0.39, 0.29) is 23.3 Å². The highest BCUT2D eigenvalue weighted by Crippen LogP contribution is 2.54. The van der Waals surface area contributed by atoms with E-state index in [1.54, 1.807) is 24.3 Å². The molecule has 3 aromatic carbocycles. The highest BCUT2D eigenvalue weighted by molar-refractivity contribution is 9.10. The minimum absolute atomic E-state index is 0.105. The number of nitrogens with zero attached hydrogens (tertiary/aromatic N) is 2. The summed E-state index contributed by atoms with van der Waals surface area (Å²) in [5.74, 6) is -2.61. The maximum Gasteiger partial charge on any atom is 0.308 e. The molecule has 3 N–H and O–H groups in total. The zero-order valence-corrected chi connectivity index (χ0v) is 27.4. The normalized spacial score (nSPS) is 19.7. The Hall–Kier alpha value is -3.08. The number of nitrogens with one attached hydrogen (secondary N) is 1. The van der Waals surface area contributed by atoms with Gasteiger partial charge in [0.15, 0.2) is 0 Å². The summed E-state index contributed by atoms with van der Waals surface area (Å²) in [6, 6.07) is 19.6. The lowest BCUT2D eigenvalue weighted by molar-refractivity contribution is -0.122. The third-order valence-corrected chi connectivity index (χ3v) is 11.7. The average Bonchev–Trinajstić information content (AvgIpc) is 3.40. The van der Waals surface area contributed by atoms with Gasteiger partial charge in [0.1, 0.15) is 11.8 Å². The minimum atomic E-state index is -3.89. The van der Waals surface area contributed by atoms with Crippen LogP contribution in [-0.4, -0.2) is 36.0 Å². The zero-order chi connectivity index (χ0) is 30.6. The summed E-state index contributed by atoms with van der Waals surface area (Å²) in [7, 11) is -3.89. The number of thioether (sulfide) groups is 1. The van der Waals surface area contributed by atoms with Gasteiger partial charge in [-0.3, -0.25) is 23.7 Å². The molecular weight excluding hydrogens is 744 g/mol. The molecule has 1 aromatic heterocycles. The molecule has 3 heterocycles. The van der Waals surface area contributed by atoms with Crippen molar-refractivity contribution in [2.75, 3.05) is 10.2 Å². The average molecular weight is 764 g/mol. The first-order chi connectivity index (χ1) is 20.4. The Balaban J connectivity index is 1.36. The van der Waals surface area contributed by atoms with E-state index < -0.39 is 37.9 Å². The summed E-state index contributed by atoms with van der Waals surface area (Å²) in [4.78, 5) is 55.4. The molecule has 4 aromatic rings. The number of rotatable bonds is 6. The Kier molecular flexibility index (Phi) is 7.98. The highest BCUT2D eigenvalue weighted by Gasteiger charge is 2.56. The van der Waals surface area contributed by atoms with E-state index in [0.29, 0.717) is 21.3 Å². The summed E-state index contributed by atoms with van der Waals surface area (Å²) in [6.45, 7) is -0.350. The number of hydrogen-bond donors (Lipinski definition) is 2. The van der Waals surface area contributed by atoms with Crippen LogP contribution in [-0.2, 0) is 31.0 Å². The van der Waals surface area contributed by atoms with Crippen molar-refractivity contribution >= 4 is 94.1 Å². The first kappa shape index (κ1) is 30.0. The van der Waals surface area contributed by atoms with Crippen LogP contribution in [0.2, 0.25) is 0 Å². The Bertz CT molecular complexity index is 1940. The van der Waals surface area contributed by atoms with Crippen molar-refractivity contribution in [3.63, 3.8) is 0 Å². The number of benzene rings is 3. The van der Waals surface area contributed by atoms with Crippen LogP contribution in [0.5, 0.6) is 0 Å². The van der Waals surface area contributed by atoms with E-state index in [9.17, 15) is 27.6 Å². The topological polar surface area (TPSA) is 149 Å². The van der Waals surface area contributed by atoms with Crippen LogP contribution in [0, 0.1) is 5.92 Å². The number of carbonyl (C=O) groups is 3. The van der Waals surface area contributed by atoms with E-state index >= 15 is 0 Å². The fourth-order valence-electron chi connectivity index (χ4n) is 5.20. The molecule has 2 aliphatic heterocycles. The molecule has 0 saturated carbocycles. The molecule has 0 aliphatic carbocycles. The first-order valence-electron chi connectivity index (χ1n) is 12.6. The van der Waals surface area contributed by atoms with Gasteiger partial charge in [0.2, 0.25) is 27.7 Å². The molecule has 15 heteroatoms. The summed E-state index contributed by atoms with van der Waals surface area (Å²) < 4.78 is 26.0. The SMILES string of the molecule is NS(=O)(=O)c1ccc(NC(=O)Cn2c3c(sc2=O)[C@@H](c2ccc(Br)cc2)[C@@H]2C(=O)N(c4ccc(Br)cc4)C(=O)[C@@H]2S3)cc1. The molecule has 3 amide bonds. The number of nitrogens with two attached hydrogens (primary N) is 1. The highest BCUT2D eigenvalue weighted by atomic mass is 79.9. The van der Waals surface area contributed by atoms with Crippen LogP contribution in [0.25, 0.3) is 0 Å². The largest absolute Gasteiger partial charge is 0.325 e. The number of sulfonamides is 1. The van der Waals surface area contributed by atoms with Gasteiger partial charge in [-0.05, 0) is 66.2 Å². The smallest absolute Gasteiger partial charge is 0.308 e. The predicted molar refractivity (Wildman–Crippen MR) is 171 cm³/mol. The van der Waals surface area contributed by atoms with Gasteiger partial charge < -0.3 is 5.32 Å². The molecule has 43 heavy (non-hydrogen) atoms. The second-order valence-electron chi connectivity index (χ2n) is 9.82. The van der Waals surface area contributed by atoms with Gasteiger partial charge in [-0.1, -0.05) is 67.1 Å². The molecule has 0 unspecified atom stereocenters. The monoisotopic (exact) mass is 762 g/mol. The van der Waals surface area contributed by atoms with E-state index in [4.69, 9.17) is 5.14 Å². The van der Waals surface area contributed by atoms with E-state index in [1.807, 2.05) is 24.3 Å². The predicted octanol–water partition coefficient (Wildman–Crippen LogP) is 4.52. The van der Waals surface area contributed by atoms with Gasteiger partial charge in [0.25, 0.3) is 0 Å². The van der Waals surface area contributed by atoms with Crippen LogP contribution in [0.15, 0.2) is 96.5 Å². The lowest BCUT2D eigenvalue weighted by Gasteiger charge is -2.30. The third kappa shape index (κ3) is 5.65. The number of fused-ring (bicyclic) bond motifs is 2. The maximum atomic E-state index is 13.9. The molecule has 0 spiro atoms. The second kappa shape index (κ2) is 11.4. The Labute approximate surface area is 270 Å². The summed E-state index contributed by atoms with van der Waals surface area (Å²) >= 11 is 8.90. The van der Waals surface area contributed by atoms with Crippen molar-refractivity contribution in [3.05, 3.63) is 102 Å². The number of thiazole rings is 1. The van der Waals surface area contributed by atoms with Gasteiger partial charge in [-0.15, -0.1) is 0 Å². The Morgan fingerprint density at radius 2 is 1.49 bits per heavy atom. The van der Waals surface area contributed by atoms with Crippen molar-refractivity contribution in [1.82, 2.24) is 4.57 Å². The number of anilines is 2. The van der Waals surface area contributed by atoms with Gasteiger partial charge in [-0.2, -0.15) is 0 Å². The summed E-state index contributed by atoms with van der Waals surface area (Å²) in [5, 5.41) is 7.44. The molecule has 220 valence electrons. The molecule has 6 rings (SSSR count). The quantitative estimate of drug-likeness (QED) is 0.275. The fourth-order valence-corrected chi connectivity index (χ4v) is 9.02. The van der Waals surface area contributed by atoms with Crippen LogP contribution < -0.4 is 20.2 Å². The number of amides is 3. The standard InChI is InChI=1S/C28H20Br2N4O6S3/c29-15-3-1-14(2-4-15)21-22-23(26(37)34(25(22)36)18-9-5-16(30)6-10-18)41-27-24(21)42-28(38)33(27)13-20(35)32-17-7-11-19(12-8-17)43(31,39)40/h1-12,21-23H,13H2,(H,32,35)(H2,31,39,40)/t21-,22-,23+/m0/s1. The van der Waals surface area contributed by atoms with Crippen LogP contribution in [0.1, 0.15) is 16.4 Å². The Morgan fingerprint density at radius 3 is 2.09 bits per heavy atom. The van der Waals surface area contributed by atoms with E-state index in [2.05, 4.69) is 37.2 Å². The molecule has 10 nitrogen and oxygen atoms in total. The van der Waals surface area contributed by atoms with Crippen molar-refractivity contribution in [2.45, 2.75) is 27.6 Å². The molecule has 0 radical (unpaired) electrons. The molecule has 0 bridgehead atoms. The number of primary sulfonamides is 1. The minimum Gasteiger partial charge on any atom is -0.325 e. The summed E-state index contributed by atoms with van der Waals surface area (Å²) in [6.07, 6.45) is 0. The van der Waals surface area contributed by atoms with Crippen molar-refractivity contribution in [1.29, 1.82) is 0 Å². The number of halogens is 2. The van der Waals surface area contributed by atoms with Crippen molar-refractivity contribution in [2.24, 2.45) is 11.1 Å². The van der Waals surface area contributed by atoms with E-state index in [1.165, 1.54) is 33.7 Å². The van der Waals surface area contributed by atoms with Crippen LogP contribution in [0.4, 0.5) is 11.4 Å². The van der Waals surface area contributed by atoms with Crippen molar-refractivity contribution < 1.29 is 22.8 Å². The molecule has 1 fully saturated rings. The van der Waals surface area contributed by atoms with Crippen LogP contribution >= 0.6 is 55.0 Å². The summed E-state index contributed by atoms with van der Waals surface area (Å²) in [5.41, 5.74) is 1.54. The van der Waals surface area contributed by atoms with Gasteiger partial charge in [-0.25, -0.2) is 18.5 Å². The van der Waals surface area contributed by atoms with Crippen LogP contribution in [0.3, 0.4) is 0 Å². The van der Waals surface area contributed by atoms with Gasteiger partial charge in [0.05, 0.1) is 21.5 Å². The molecular formula is C28H20Br2N4O6S3. The maximum absolute atomic E-state index is 13.9. The van der Waals surface area contributed by atoms with Gasteiger partial charge in [0, 0.05) is 25.4 Å². The van der Waals surface area contributed by atoms with Gasteiger partial charge >= 0.3 is 4.87 Å². The molecule has 2 aliphatic rings. The number of carbonyl (C=O) groups excluding carboxylic acids is 3. The fraction of sp³-hybridized carbons (Fsp3) is 0.143. The van der Waals surface area contributed by atoms with Crippen molar-refractivity contribution in [3.8, 4) is 0 Å². The third-order valence-electron chi connectivity index (χ3n) is 7.13. The van der Waals surface area contributed by atoms with E-state index in [0.717, 1.165) is 37.6 Å². The lowest BCUT2D eigenvalue weighted by Crippen LogP contribution is -2.33. The Morgan fingerprint density at radius 1 is 0.884 bits per heavy atom. The molecule has 1 saturated heterocycles. The number of aromatic nitrogens is 1. The number of hydrogen-bond acceptors (Lipinski definition) is 8. The molecule has 3 atom stereocenters. The zero-order valence-electron chi connectivity index (χ0n) is 21.8. The number of imide groups is 1. The lowest BCUT2D eigenvalue weighted by atomic mass is 9.83.